The Hall–Kier alpha value is -4.11. The normalized spacial score (nSPS) is 12.2. The van der Waals surface area contributed by atoms with E-state index in [0.717, 1.165) is 4.90 Å². The summed E-state index contributed by atoms with van der Waals surface area (Å²) in [6.45, 7) is 1.02. The maximum absolute atomic E-state index is 13.0. The minimum Gasteiger partial charge on any atom is -0.486 e. The van der Waals surface area contributed by atoms with Crippen LogP contribution in [0.4, 0.5) is 0 Å². The van der Waals surface area contributed by atoms with Crippen molar-refractivity contribution in [3.63, 3.8) is 0 Å². The Balaban J connectivity index is 1.26. The number of ether oxygens (including phenoxy) is 2. The number of thioether (sulfide) groups is 1. The van der Waals surface area contributed by atoms with Crippen LogP contribution in [-0.2, 0) is 4.79 Å². The Labute approximate surface area is 199 Å². The van der Waals surface area contributed by atoms with Crippen LogP contribution in [0.5, 0.6) is 11.5 Å². The topological polar surface area (TPSA) is 102 Å². The summed E-state index contributed by atoms with van der Waals surface area (Å²) in [5.41, 5.74) is 7.28. The number of hydrogen-bond acceptors (Lipinski definition) is 7. The Kier molecular flexibility index (Phi) is 6.26. The molecule has 2 aromatic carbocycles. The van der Waals surface area contributed by atoms with Crippen LogP contribution in [0.25, 0.3) is 22.3 Å². The molecule has 4 aromatic rings. The molecule has 0 atom stereocenters. The summed E-state index contributed by atoms with van der Waals surface area (Å²) in [6.07, 6.45) is 1.67. The zero-order chi connectivity index (χ0) is 23.3. The summed E-state index contributed by atoms with van der Waals surface area (Å²) in [7, 11) is 0. The summed E-state index contributed by atoms with van der Waals surface area (Å²) >= 11 is 1.33. The van der Waals surface area contributed by atoms with Crippen molar-refractivity contribution in [3.05, 3.63) is 78.5 Å². The summed E-state index contributed by atoms with van der Waals surface area (Å²) in [6, 6.07) is 20.1. The highest BCUT2D eigenvalue weighted by atomic mass is 32.2. The number of amides is 2. The highest BCUT2D eigenvalue weighted by molar-refractivity contribution is 8.00. The third kappa shape index (κ3) is 4.79. The Morgan fingerprint density at radius 3 is 2.56 bits per heavy atom. The maximum Gasteiger partial charge on any atom is 0.270 e. The van der Waals surface area contributed by atoms with Crippen molar-refractivity contribution in [1.82, 2.24) is 20.8 Å². The minimum absolute atomic E-state index is 0.121. The molecular weight excluding hydrogens is 452 g/mol. The molecule has 2 N–H and O–H groups in total. The first-order valence-corrected chi connectivity index (χ1v) is 11.6. The molecule has 9 heteroatoms. The van der Waals surface area contributed by atoms with Gasteiger partial charge in [0, 0.05) is 16.5 Å². The van der Waals surface area contributed by atoms with E-state index in [4.69, 9.17) is 9.47 Å². The number of pyridine rings is 2. The lowest BCUT2D eigenvalue weighted by molar-refractivity contribution is -0.119. The number of hydrogen-bond donors (Lipinski definition) is 2. The van der Waals surface area contributed by atoms with Gasteiger partial charge in [-0.05, 0) is 42.5 Å². The van der Waals surface area contributed by atoms with E-state index < -0.39 is 5.91 Å². The van der Waals surface area contributed by atoms with E-state index in [-0.39, 0.29) is 11.7 Å². The predicted molar refractivity (Wildman–Crippen MR) is 129 cm³/mol. The van der Waals surface area contributed by atoms with Crippen molar-refractivity contribution in [2.75, 3.05) is 19.0 Å². The molecule has 34 heavy (non-hydrogen) atoms. The van der Waals surface area contributed by atoms with Gasteiger partial charge in [-0.3, -0.25) is 25.4 Å². The standard InChI is InChI=1S/C25H20N4O4S/c30-24(15-34-16-8-9-22-23(13-16)33-12-11-32-22)28-29-25(31)18-14-21(20-7-3-4-10-26-20)27-19-6-2-1-5-17(18)19/h1-10,13-14H,11-12,15H2,(H,28,30)(H,29,31). The molecular formula is C25H20N4O4S. The summed E-state index contributed by atoms with van der Waals surface area (Å²) < 4.78 is 11.1. The molecule has 3 heterocycles. The lowest BCUT2D eigenvalue weighted by Gasteiger charge is -2.18. The predicted octanol–water partition coefficient (Wildman–Crippen LogP) is 3.62. The van der Waals surface area contributed by atoms with Crippen LogP contribution in [0.1, 0.15) is 10.4 Å². The van der Waals surface area contributed by atoms with Crippen LogP contribution < -0.4 is 20.3 Å². The van der Waals surface area contributed by atoms with Gasteiger partial charge in [-0.1, -0.05) is 24.3 Å². The Morgan fingerprint density at radius 2 is 1.71 bits per heavy atom. The van der Waals surface area contributed by atoms with Gasteiger partial charge in [0.05, 0.1) is 28.2 Å². The summed E-state index contributed by atoms with van der Waals surface area (Å²) in [5.74, 6) is 0.709. The molecule has 0 aliphatic carbocycles. The number of carbonyl (C=O) groups excluding carboxylic acids is 2. The molecule has 0 radical (unpaired) electrons. The van der Waals surface area contributed by atoms with Gasteiger partial charge in [0.1, 0.15) is 13.2 Å². The average Bonchev–Trinajstić information content (AvgIpc) is 2.90. The Morgan fingerprint density at radius 1 is 0.882 bits per heavy atom. The van der Waals surface area contributed by atoms with Crippen LogP contribution in [0.3, 0.4) is 0 Å². The SMILES string of the molecule is O=C(CSc1ccc2c(c1)OCCO2)NNC(=O)c1cc(-c2ccccn2)nc2ccccc12. The first-order chi connectivity index (χ1) is 16.7. The smallest absolute Gasteiger partial charge is 0.270 e. The van der Waals surface area contributed by atoms with Gasteiger partial charge in [0.25, 0.3) is 5.91 Å². The molecule has 2 amide bonds. The number of para-hydroxylation sites is 1. The number of aromatic nitrogens is 2. The van der Waals surface area contributed by atoms with Crippen LogP contribution in [0, 0.1) is 0 Å². The molecule has 0 fully saturated rings. The lowest BCUT2D eigenvalue weighted by atomic mass is 10.1. The van der Waals surface area contributed by atoms with E-state index in [0.29, 0.717) is 52.6 Å². The average molecular weight is 473 g/mol. The van der Waals surface area contributed by atoms with Crippen LogP contribution in [0.2, 0.25) is 0 Å². The van der Waals surface area contributed by atoms with Crippen molar-refractivity contribution < 1.29 is 19.1 Å². The number of carbonyl (C=O) groups is 2. The summed E-state index contributed by atoms with van der Waals surface area (Å²) in [4.78, 5) is 35.2. The number of fused-ring (bicyclic) bond motifs is 2. The maximum atomic E-state index is 13.0. The largest absolute Gasteiger partial charge is 0.486 e. The minimum atomic E-state index is -0.437. The van der Waals surface area contributed by atoms with Gasteiger partial charge in [0.15, 0.2) is 11.5 Å². The zero-order valence-corrected chi connectivity index (χ0v) is 18.8. The fourth-order valence-electron chi connectivity index (χ4n) is 3.50. The third-order valence-corrected chi connectivity index (χ3v) is 6.08. The third-order valence-electron chi connectivity index (χ3n) is 5.09. The van der Waals surface area contributed by atoms with E-state index >= 15 is 0 Å². The molecule has 0 saturated carbocycles. The fourth-order valence-corrected chi connectivity index (χ4v) is 4.23. The van der Waals surface area contributed by atoms with E-state index in [1.807, 2.05) is 60.7 Å². The Bertz CT molecular complexity index is 1360. The van der Waals surface area contributed by atoms with E-state index in [9.17, 15) is 9.59 Å². The molecule has 5 rings (SSSR count). The van der Waals surface area contributed by atoms with Crippen molar-refractivity contribution in [1.29, 1.82) is 0 Å². The summed E-state index contributed by atoms with van der Waals surface area (Å²) in [5, 5.41) is 0.680. The number of rotatable bonds is 5. The lowest BCUT2D eigenvalue weighted by Crippen LogP contribution is -2.42. The molecule has 0 unspecified atom stereocenters. The van der Waals surface area contributed by atoms with E-state index in [2.05, 4.69) is 20.8 Å². The monoisotopic (exact) mass is 472 g/mol. The fraction of sp³-hybridized carbons (Fsp3) is 0.120. The van der Waals surface area contributed by atoms with Gasteiger partial charge in [0.2, 0.25) is 5.91 Å². The molecule has 0 spiro atoms. The molecule has 0 bridgehead atoms. The molecule has 1 aliphatic rings. The number of nitrogens with one attached hydrogen (secondary N) is 2. The van der Waals surface area contributed by atoms with Crippen LogP contribution in [-0.4, -0.2) is 40.7 Å². The molecule has 2 aromatic heterocycles. The first kappa shape index (κ1) is 21.7. The molecule has 0 saturated heterocycles. The highest BCUT2D eigenvalue weighted by Gasteiger charge is 2.16. The van der Waals surface area contributed by atoms with Gasteiger partial charge < -0.3 is 9.47 Å². The van der Waals surface area contributed by atoms with Gasteiger partial charge >= 0.3 is 0 Å². The van der Waals surface area contributed by atoms with Gasteiger partial charge in [-0.15, -0.1) is 11.8 Å². The van der Waals surface area contributed by atoms with Gasteiger partial charge in [-0.25, -0.2) is 4.98 Å². The number of hydrazine groups is 1. The van der Waals surface area contributed by atoms with Crippen molar-refractivity contribution in [2.24, 2.45) is 0 Å². The molecule has 170 valence electrons. The first-order valence-electron chi connectivity index (χ1n) is 10.6. The second kappa shape index (κ2) is 9.80. The van der Waals surface area contributed by atoms with Crippen LogP contribution in [0.15, 0.2) is 77.8 Å². The van der Waals surface area contributed by atoms with Crippen LogP contribution >= 0.6 is 11.8 Å². The second-order valence-electron chi connectivity index (χ2n) is 7.38. The van der Waals surface area contributed by atoms with E-state index in [1.54, 1.807) is 12.3 Å². The van der Waals surface area contributed by atoms with Crippen molar-refractivity contribution >= 4 is 34.5 Å². The van der Waals surface area contributed by atoms with Crippen molar-refractivity contribution in [3.8, 4) is 22.9 Å². The number of benzene rings is 2. The quantitative estimate of drug-likeness (QED) is 0.338. The zero-order valence-electron chi connectivity index (χ0n) is 18.0. The molecule has 1 aliphatic heterocycles. The molecule has 8 nitrogen and oxygen atoms in total. The van der Waals surface area contributed by atoms with Gasteiger partial charge in [-0.2, -0.15) is 0 Å². The number of nitrogens with zero attached hydrogens (tertiary/aromatic N) is 2. The van der Waals surface area contributed by atoms with E-state index in [1.165, 1.54) is 11.8 Å². The second-order valence-corrected chi connectivity index (χ2v) is 8.43. The van der Waals surface area contributed by atoms with Crippen molar-refractivity contribution in [2.45, 2.75) is 4.90 Å². The highest BCUT2D eigenvalue weighted by Crippen LogP contribution is 2.34.